The van der Waals surface area contributed by atoms with Crippen LogP contribution in [0.3, 0.4) is 0 Å². The standard InChI is InChI=1S/C12H16Br3NO/c13-12(14,15)10(17)16-11-4-7-1-8(5-11)3-9(2-7)6-11/h7-9H,1-6H2,(H,16,17). The summed E-state index contributed by atoms with van der Waals surface area (Å²) in [5.41, 5.74) is 0.0897. The van der Waals surface area contributed by atoms with Crippen molar-refractivity contribution in [2.45, 2.75) is 46.2 Å². The second kappa shape index (κ2) is 4.20. The predicted octanol–water partition coefficient (Wildman–Crippen LogP) is 3.91. The fourth-order valence-corrected chi connectivity index (χ4v) is 4.87. The van der Waals surface area contributed by atoms with E-state index in [0.29, 0.717) is 0 Å². The summed E-state index contributed by atoms with van der Waals surface area (Å²) in [6.07, 6.45) is 7.76. The molecular weight excluding hydrogens is 414 g/mol. The molecule has 0 aromatic carbocycles. The first-order valence-corrected chi connectivity index (χ1v) is 8.63. The molecule has 2 nitrogen and oxygen atoms in total. The van der Waals surface area contributed by atoms with Gasteiger partial charge in [0.2, 0.25) is 2.14 Å². The average molecular weight is 430 g/mol. The van der Waals surface area contributed by atoms with Gasteiger partial charge in [0.1, 0.15) is 0 Å². The van der Waals surface area contributed by atoms with Gasteiger partial charge < -0.3 is 5.32 Å². The van der Waals surface area contributed by atoms with E-state index >= 15 is 0 Å². The molecule has 0 heterocycles. The number of hydrogen-bond donors (Lipinski definition) is 1. The fraction of sp³-hybridized carbons (Fsp3) is 0.917. The molecule has 4 saturated carbocycles. The van der Waals surface area contributed by atoms with Crippen LogP contribution in [0, 0.1) is 17.8 Å². The molecule has 0 aromatic heterocycles. The largest absolute Gasteiger partial charge is 0.348 e. The maximum absolute atomic E-state index is 12.1. The first-order valence-electron chi connectivity index (χ1n) is 6.26. The number of amides is 1. The minimum Gasteiger partial charge on any atom is -0.348 e. The Balaban J connectivity index is 1.76. The van der Waals surface area contributed by atoms with E-state index in [-0.39, 0.29) is 11.4 Å². The monoisotopic (exact) mass is 427 g/mol. The van der Waals surface area contributed by atoms with Crippen LogP contribution in [0.2, 0.25) is 0 Å². The Hall–Kier alpha value is 0.910. The zero-order valence-electron chi connectivity index (χ0n) is 9.52. The smallest absolute Gasteiger partial charge is 0.259 e. The summed E-state index contributed by atoms with van der Waals surface area (Å²) in [6.45, 7) is 0. The van der Waals surface area contributed by atoms with Gasteiger partial charge in [0, 0.05) is 5.54 Å². The number of carbonyl (C=O) groups excluding carboxylic acids is 1. The van der Waals surface area contributed by atoms with Crippen molar-refractivity contribution in [3.05, 3.63) is 0 Å². The van der Waals surface area contributed by atoms with Crippen LogP contribution in [0.5, 0.6) is 0 Å². The molecule has 0 atom stereocenters. The van der Waals surface area contributed by atoms with E-state index in [1.807, 2.05) is 0 Å². The number of rotatable bonds is 1. The van der Waals surface area contributed by atoms with Gasteiger partial charge in [-0.1, -0.05) is 0 Å². The Bertz CT molecular complexity index is 315. The van der Waals surface area contributed by atoms with Gasteiger partial charge in [-0.25, -0.2) is 0 Å². The quantitative estimate of drug-likeness (QED) is 0.629. The highest BCUT2D eigenvalue weighted by Crippen LogP contribution is 2.55. The van der Waals surface area contributed by atoms with E-state index in [1.54, 1.807) is 0 Å². The Kier molecular flexibility index (Phi) is 3.19. The van der Waals surface area contributed by atoms with Crippen molar-refractivity contribution in [2.24, 2.45) is 17.8 Å². The number of carbonyl (C=O) groups is 1. The van der Waals surface area contributed by atoms with Crippen LogP contribution in [-0.4, -0.2) is 13.6 Å². The highest BCUT2D eigenvalue weighted by atomic mass is 80.0. The molecule has 17 heavy (non-hydrogen) atoms. The lowest BCUT2D eigenvalue weighted by Gasteiger charge is -2.57. The number of nitrogens with one attached hydrogen (secondary N) is 1. The van der Waals surface area contributed by atoms with Crippen LogP contribution in [0.15, 0.2) is 0 Å². The Labute approximate surface area is 127 Å². The van der Waals surface area contributed by atoms with Gasteiger partial charge in [0.15, 0.2) is 0 Å². The maximum Gasteiger partial charge on any atom is 0.259 e. The molecule has 4 aliphatic carbocycles. The van der Waals surface area contributed by atoms with E-state index in [0.717, 1.165) is 17.8 Å². The molecule has 1 N–H and O–H groups in total. The zero-order valence-corrected chi connectivity index (χ0v) is 14.3. The summed E-state index contributed by atoms with van der Waals surface area (Å²) in [5.74, 6) is 2.57. The van der Waals surface area contributed by atoms with Crippen molar-refractivity contribution in [2.75, 3.05) is 0 Å². The Morgan fingerprint density at radius 3 is 1.76 bits per heavy atom. The molecule has 5 heteroatoms. The van der Waals surface area contributed by atoms with Crippen LogP contribution in [0.1, 0.15) is 38.5 Å². The van der Waals surface area contributed by atoms with Gasteiger partial charge in [-0.05, 0) is 104 Å². The minimum atomic E-state index is -0.809. The maximum atomic E-state index is 12.1. The molecule has 1 amide bonds. The van der Waals surface area contributed by atoms with Gasteiger partial charge in [-0.2, -0.15) is 0 Å². The molecule has 0 saturated heterocycles. The van der Waals surface area contributed by atoms with Gasteiger partial charge in [-0.3, -0.25) is 4.79 Å². The van der Waals surface area contributed by atoms with Crippen molar-refractivity contribution >= 4 is 53.7 Å². The third-order valence-corrected chi connectivity index (χ3v) is 5.75. The van der Waals surface area contributed by atoms with E-state index < -0.39 is 2.14 Å². The Morgan fingerprint density at radius 1 is 1.00 bits per heavy atom. The van der Waals surface area contributed by atoms with E-state index in [4.69, 9.17) is 0 Å². The van der Waals surface area contributed by atoms with Gasteiger partial charge in [-0.15, -0.1) is 0 Å². The first kappa shape index (κ1) is 12.9. The van der Waals surface area contributed by atoms with Crippen molar-refractivity contribution in [3.63, 3.8) is 0 Å². The summed E-state index contributed by atoms with van der Waals surface area (Å²) in [7, 11) is 0. The molecule has 4 bridgehead atoms. The SMILES string of the molecule is O=C(NC12CC3CC(CC(C3)C1)C2)C(Br)(Br)Br. The van der Waals surface area contributed by atoms with Crippen molar-refractivity contribution in [3.8, 4) is 0 Å². The van der Waals surface area contributed by atoms with Crippen LogP contribution in [-0.2, 0) is 4.79 Å². The van der Waals surface area contributed by atoms with Crippen molar-refractivity contribution in [1.29, 1.82) is 0 Å². The third-order valence-electron chi connectivity index (χ3n) is 4.67. The second-order valence-electron chi connectivity index (χ2n) is 6.15. The van der Waals surface area contributed by atoms with Gasteiger partial charge >= 0.3 is 0 Å². The van der Waals surface area contributed by atoms with Gasteiger partial charge in [0.05, 0.1) is 0 Å². The molecule has 0 unspecified atom stereocenters. The molecule has 96 valence electrons. The normalized spacial score (nSPS) is 43.8. The minimum absolute atomic E-state index is 0.000509. The second-order valence-corrected chi connectivity index (χ2v) is 12.9. The molecule has 0 aliphatic heterocycles. The number of hydrogen-bond acceptors (Lipinski definition) is 1. The Morgan fingerprint density at radius 2 is 1.41 bits per heavy atom. The highest BCUT2D eigenvalue weighted by molar-refractivity contribution is 9.40. The molecular formula is C12H16Br3NO. The van der Waals surface area contributed by atoms with Crippen molar-refractivity contribution < 1.29 is 4.79 Å². The van der Waals surface area contributed by atoms with Crippen LogP contribution in [0.4, 0.5) is 0 Å². The molecule has 0 radical (unpaired) electrons. The van der Waals surface area contributed by atoms with E-state index in [9.17, 15) is 4.79 Å². The van der Waals surface area contributed by atoms with E-state index in [2.05, 4.69) is 53.1 Å². The zero-order chi connectivity index (χ0) is 12.3. The lowest BCUT2D eigenvalue weighted by molar-refractivity contribution is -0.125. The topological polar surface area (TPSA) is 29.1 Å². The van der Waals surface area contributed by atoms with Gasteiger partial charge in [0.25, 0.3) is 5.91 Å². The summed E-state index contributed by atoms with van der Waals surface area (Å²) in [5, 5.41) is 3.28. The lowest BCUT2D eigenvalue weighted by atomic mass is 9.53. The van der Waals surface area contributed by atoms with Crippen molar-refractivity contribution in [1.82, 2.24) is 5.32 Å². The lowest BCUT2D eigenvalue weighted by Crippen LogP contribution is -2.61. The fourth-order valence-electron chi connectivity index (χ4n) is 4.58. The predicted molar refractivity (Wildman–Crippen MR) is 78.6 cm³/mol. The molecule has 4 fully saturated rings. The van der Waals surface area contributed by atoms with E-state index in [1.165, 1.54) is 38.5 Å². The summed E-state index contributed by atoms with van der Waals surface area (Å²) < 4.78 is -0.809. The summed E-state index contributed by atoms with van der Waals surface area (Å²) in [6, 6.07) is 0. The number of halogens is 3. The average Bonchev–Trinajstić information content (AvgIpc) is 2.12. The molecule has 0 aromatic rings. The van der Waals surface area contributed by atoms with Crippen LogP contribution < -0.4 is 5.32 Å². The highest BCUT2D eigenvalue weighted by Gasteiger charge is 2.52. The first-order chi connectivity index (χ1) is 7.86. The summed E-state index contributed by atoms with van der Waals surface area (Å²) in [4.78, 5) is 12.1. The molecule has 0 spiro atoms. The third kappa shape index (κ3) is 2.48. The molecule has 4 rings (SSSR count). The van der Waals surface area contributed by atoms with Crippen LogP contribution >= 0.6 is 47.8 Å². The number of alkyl halides is 3. The summed E-state index contributed by atoms with van der Waals surface area (Å²) >= 11 is 9.91. The molecule has 4 aliphatic rings. The van der Waals surface area contributed by atoms with Crippen LogP contribution in [0.25, 0.3) is 0 Å².